The summed E-state index contributed by atoms with van der Waals surface area (Å²) in [5.74, 6) is 0.528. The number of nitrogens with zero attached hydrogens (tertiary/aromatic N) is 3. The highest BCUT2D eigenvalue weighted by molar-refractivity contribution is 6.02. The molecule has 1 aliphatic carbocycles. The lowest BCUT2D eigenvalue weighted by atomic mass is 9.97. The summed E-state index contributed by atoms with van der Waals surface area (Å²) in [5, 5.41) is 1.09. The predicted molar refractivity (Wildman–Crippen MR) is 135 cm³/mol. The predicted octanol–water partition coefficient (Wildman–Crippen LogP) is 5.00. The van der Waals surface area contributed by atoms with Crippen molar-refractivity contribution >= 4 is 28.3 Å². The number of pyridine rings is 1. The Morgan fingerprint density at radius 2 is 2.06 bits per heavy atom. The van der Waals surface area contributed by atoms with Crippen molar-refractivity contribution in [2.45, 2.75) is 39.3 Å². The van der Waals surface area contributed by atoms with E-state index in [-0.39, 0.29) is 11.8 Å². The molecule has 0 saturated carbocycles. The lowest BCUT2D eigenvalue weighted by molar-refractivity contribution is -0.155. The van der Waals surface area contributed by atoms with Crippen molar-refractivity contribution in [3.05, 3.63) is 53.6 Å². The first-order chi connectivity index (χ1) is 16.7. The highest BCUT2D eigenvalue weighted by Crippen LogP contribution is 2.46. The molecule has 3 aliphatic rings. The van der Waals surface area contributed by atoms with Gasteiger partial charge in [-0.1, -0.05) is 6.08 Å². The Kier molecular flexibility index (Phi) is 5.04. The van der Waals surface area contributed by atoms with Crippen LogP contribution in [0.1, 0.15) is 38.4 Å². The van der Waals surface area contributed by atoms with Crippen LogP contribution in [0.15, 0.2) is 36.5 Å². The maximum absolute atomic E-state index is 14.2. The van der Waals surface area contributed by atoms with Gasteiger partial charge in [-0.2, -0.15) is 0 Å². The topological polar surface area (TPSA) is 61.5 Å². The minimum Gasteiger partial charge on any atom is -0.459 e. The number of ether oxygens (including phenoxy) is 1. The minimum atomic E-state index is -0.457. The molecule has 35 heavy (non-hydrogen) atoms. The summed E-state index contributed by atoms with van der Waals surface area (Å²) in [7, 11) is 2.06. The maximum Gasteiger partial charge on any atom is 0.320 e. The second kappa shape index (κ2) is 7.92. The number of aromatic amines is 1. The average molecular weight is 475 g/mol. The second-order valence-corrected chi connectivity index (χ2v) is 11.2. The summed E-state index contributed by atoms with van der Waals surface area (Å²) in [5.41, 5.74) is 7.03. The van der Waals surface area contributed by atoms with Crippen molar-refractivity contribution < 1.29 is 13.9 Å². The van der Waals surface area contributed by atoms with Gasteiger partial charge in [0.25, 0.3) is 0 Å². The largest absolute Gasteiger partial charge is 0.459 e. The summed E-state index contributed by atoms with van der Waals surface area (Å²) in [4.78, 5) is 24.9. The number of carbonyl (C=O) groups is 1. The van der Waals surface area contributed by atoms with Gasteiger partial charge in [-0.25, -0.2) is 9.37 Å². The van der Waals surface area contributed by atoms with Crippen LogP contribution in [0.25, 0.3) is 27.7 Å². The molecule has 0 amide bonds. The molecule has 2 aliphatic heterocycles. The molecule has 2 aromatic heterocycles. The van der Waals surface area contributed by atoms with E-state index < -0.39 is 5.60 Å². The Morgan fingerprint density at radius 1 is 1.23 bits per heavy atom. The van der Waals surface area contributed by atoms with E-state index in [4.69, 9.17) is 4.74 Å². The Morgan fingerprint density at radius 3 is 2.83 bits per heavy atom. The monoisotopic (exact) mass is 474 g/mol. The van der Waals surface area contributed by atoms with Crippen LogP contribution >= 0.6 is 0 Å². The molecule has 6 rings (SSSR count). The highest BCUT2D eigenvalue weighted by atomic mass is 19.1. The smallest absolute Gasteiger partial charge is 0.320 e. The van der Waals surface area contributed by atoms with Gasteiger partial charge in [-0.3, -0.25) is 9.69 Å². The summed E-state index contributed by atoms with van der Waals surface area (Å²) >= 11 is 0. The Balaban J connectivity index is 1.30. The van der Waals surface area contributed by atoms with Gasteiger partial charge in [0.1, 0.15) is 17.1 Å². The van der Waals surface area contributed by atoms with Gasteiger partial charge in [0, 0.05) is 60.8 Å². The van der Waals surface area contributed by atoms with Gasteiger partial charge in [-0.15, -0.1) is 0 Å². The van der Waals surface area contributed by atoms with Crippen LogP contribution in [0.5, 0.6) is 0 Å². The van der Waals surface area contributed by atoms with Crippen LogP contribution in [0, 0.1) is 17.7 Å². The zero-order chi connectivity index (χ0) is 24.5. The fourth-order valence-electron chi connectivity index (χ4n) is 6.09. The molecule has 2 unspecified atom stereocenters. The van der Waals surface area contributed by atoms with Crippen molar-refractivity contribution in [1.29, 1.82) is 0 Å². The summed E-state index contributed by atoms with van der Waals surface area (Å²) < 4.78 is 19.7. The number of hydrogen-bond donors (Lipinski definition) is 1. The SMILES string of the molecule is CN1Cc2c(C3=CC4CN(CC(=O)OC(C)(C)C)CC4C3)[nH]c3nccc(c23)-c2cc(F)ccc21. The van der Waals surface area contributed by atoms with Gasteiger partial charge in [0.2, 0.25) is 0 Å². The van der Waals surface area contributed by atoms with E-state index in [0.29, 0.717) is 18.4 Å². The number of anilines is 1. The third kappa shape index (κ3) is 3.92. The number of H-pyrrole nitrogens is 1. The van der Waals surface area contributed by atoms with E-state index >= 15 is 0 Å². The third-order valence-electron chi connectivity index (χ3n) is 7.41. The molecule has 7 heteroatoms. The standard InChI is InChI=1S/C28H31FN4O2/c1-28(2,3)35-24(34)15-33-12-17-9-16(10-18(17)13-33)26-22-14-32(4)23-6-5-19(29)11-21(23)20-7-8-30-27(31-26)25(20)22/h5-9,11,17-18H,10,12-15H2,1-4H3,(H,30,31). The van der Waals surface area contributed by atoms with Gasteiger partial charge in [0.05, 0.1) is 6.54 Å². The molecule has 0 bridgehead atoms. The molecule has 4 heterocycles. The first-order valence-electron chi connectivity index (χ1n) is 12.3. The molecule has 2 atom stereocenters. The van der Waals surface area contributed by atoms with Crippen molar-refractivity contribution in [1.82, 2.24) is 14.9 Å². The van der Waals surface area contributed by atoms with Gasteiger partial charge < -0.3 is 14.6 Å². The van der Waals surface area contributed by atoms with E-state index in [2.05, 4.69) is 32.9 Å². The van der Waals surface area contributed by atoms with Gasteiger partial charge >= 0.3 is 5.97 Å². The van der Waals surface area contributed by atoms with E-state index in [1.165, 1.54) is 17.2 Å². The molecule has 6 nitrogen and oxygen atoms in total. The number of rotatable bonds is 3. The quantitative estimate of drug-likeness (QED) is 0.542. The van der Waals surface area contributed by atoms with Crippen LogP contribution in [-0.2, 0) is 16.1 Å². The number of hydrogen-bond acceptors (Lipinski definition) is 5. The number of allylic oxidation sites excluding steroid dienone is 1. The summed E-state index contributed by atoms with van der Waals surface area (Å²) in [6.07, 6.45) is 5.16. The van der Waals surface area contributed by atoms with Crippen molar-refractivity contribution in [2.24, 2.45) is 11.8 Å². The third-order valence-corrected chi connectivity index (χ3v) is 7.41. The average Bonchev–Trinajstić information content (AvgIpc) is 3.41. The van der Waals surface area contributed by atoms with Crippen LogP contribution in [-0.4, -0.2) is 53.1 Å². The first-order valence-corrected chi connectivity index (χ1v) is 12.3. The number of likely N-dealkylation sites (tertiary alicyclic amines) is 1. The lowest BCUT2D eigenvalue weighted by Crippen LogP contribution is -2.34. The maximum atomic E-state index is 14.2. The molecule has 1 saturated heterocycles. The van der Waals surface area contributed by atoms with Crippen molar-refractivity contribution in [3.8, 4) is 11.1 Å². The highest BCUT2D eigenvalue weighted by Gasteiger charge is 2.39. The van der Waals surface area contributed by atoms with Crippen LogP contribution in [0.2, 0.25) is 0 Å². The summed E-state index contributed by atoms with van der Waals surface area (Å²) in [6, 6.07) is 7.01. The van der Waals surface area contributed by atoms with Crippen molar-refractivity contribution in [2.75, 3.05) is 31.6 Å². The van der Waals surface area contributed by atoms with Crippen LogP contribution < -0.4 is 4.90 Å². The number of carbonyl (C=O) groups excluding carboxylic acids is 1. The van der Waals surface area contributed by atoms with Crippen molar-refractivity contribution in [3.63, 3.8) is 0 Å². The van der Waals surface area contributed by atoms with Gasteiger partial charge in [-0.05, 0) is 74.4 Å². The molecule has 182 valence electrons. The molecule has 0 radical (unpaired) electrons. The minimum absolute atomic E-state index is 0.157. The fraction of sp³-hybridized carbons (Fsp3) is 0.429. The zero-order valence-corrected chi connectivity index (χ0v) is 20.7. The number of aromatic nitrogens is 2. The lowest BCUT2D eigenvalue weighted by Gasteiger charge is -2.22. The second-order valence-electron chi connectivity index (χ2n) is 11.2. The molecule has 3 aromatic rings. The first kappa shape index (κ1) is 22.3. The number of benzene rings is 1. The molecule has 1 fully saturated rings. The van der Waals surface area contributed by atoms with Crippen LogP contribution in [0.3, 0.4) is 0 Å². The molecular formula is C28H31FN4O2. The molecule has 1 N–H and O–H groups in total. The van der Waals surface area contributed by atoms with E-state index in [9.17, 15) is 9.18 Å². The number of nitrogens with one attached hydrogen (secondary N) is 1. The summed E-state index contributed by atoms with van der Waals surface area (Å²) in [6.45, 7) is 8.55. The number of halogens is 1. The Bertz CT molecular complexity index is 1370. The van der Waals surface area contributed by atoms with E-state index in [1.54, 1.807) is 12.3 Å². The van der Waals surface area contributed by atoms with E-state index in [1.807, 2.05) is 32.9 Å². The Labute approximate surface area is 204 Å². The van der Waals surface area contributed by atoms with E-state index in [0.717, 1.165) is 59.6 Å². The molecule has 0 spiro atoms. The molecule has 1 aromatic carbocycles. The van der Waals surface area contributed by atoms with Crippen LogP contribution in [0.4, 0.5) is 10.1 Å². The number of fused-ring (bicyclic) bond motifs is 3. The number of esters is 1. The normalized spacial score (nSPS) is 21.6. The fourth-order valence-corrected chi connectivity index (χ4v) is 6.09. The van der Waals surface area contributed by atoms with Gasteiger partial charge in [0.15, 0.2) is 0 Å². The molecular weight excluding hydrogens is 443 g/mol. The Hall–Kier alpha value is -3.19. The zero-order valence-electron chi connectivity index (χ0n) is 20.7.